The number of para-hydroxylation sites is 1. The first-order chi connectivity index (χ1) is 14.5. The Labute approximate surface area is 192 Å². The first kappa shape index (κ1) is 21.3. The summed E-state index contributed by atoms with van der Waals surface area (Å²) in [5, 5.41) is 13.4. The van der Waals surface area contributed by atoms with Gasteiger partial charge in [-0.15, -0.1) is 10.2 Å². The standard InChI is InChI=1S/C20H17Cl3N4O2S/c21-12-5-8-14(22)16(9-12)24-19(28)11-30-20-26-25-18(27(20)13-6-7-13)10-29-17-4-2-1-3-15(17)23/h1-5,8-9,13H,6-7,10-11H2,(H,24,28). The third-order valence-corrected chi connectivity index (χ3v) is 6.20. The molecule has 30 heavy (non-hydrogen) atoms. The molecule has 1 saturated carbocycles. The highest BCUT2D eigenvalue weighted by Crippen LogP contribution is 2.39. The monoisotopic (exact) mass is 482 g/mol. The van der Waals surface area contributed by atoms with Crippen molar-refractivity contribution in [3.8, 4) is 5.75 Å². The zero-order chi connectivity index (χ0) is 21.1. The Morgan fingerprint density at radius 1 is 1.13 bits per heavy atom. The number of amides is 1. The Bertz CT molecular complexity index is 1070. The lowest BCUT2D eigenvalue weighted by molar-refractivity contribution is -0.113. The van der Waals surface area contributed by atoms with Gasteiger partial charge >= 0.3 is 0 Å². The number of rotatable bonds is 8. The quantitative estimate of drug-likeness (QED) is 0.405. The molecule has 0 unspecified atom stereocenters. The minimum atomic E-state index is -0.205. The number of anilines is 1. The van der Waals surface area contributed by atoms with Crippen molar-refractivity contribution in [2.75, 3.05) is 11.1 Å². The van der Waals surface area contributed by atoms with E-state index in [-0.39, 0.29) is 18.3 Å². The molecule has 1 N–H and O–H groups in total. The van der Waals surface area contributed by atoms with E-state index in [0.29, 0.717) is 43.5 Å². The molecule has 10 heteroatoms. The molecule has 0 atom stereocenters. The Morgan fingerprint density at radius 2 is 1.93 bits per heavy atom. The molecular formula is C20H17Cl3N4O2S. The van der Waals surface area contributed by atoms with Crippen LogP contribution in [0.5, 0.6) is 5.75 Å². The van der Waals surface area contributed by atoms with Crippen LogP contribution in [0.25, 0.3) is 0 Å². The molecule has 0 radical (unpaired) electrons. The van der Waals surface area contributed by atoms with E-state index in [1.165, 1.54) is 11.8 Å². The van der Waals surface area contributed by atoms with Crippen LogP contribution >= 0.6 is 46.6 Å². The predicted octanol–water partition coefficient (Wildman–Crippen LogP) is 5.88. The number of carbonyl (C=O) groups excluding carboxylic acids is 1. The number of nitrogens with zero attached hydrogens (tertiary/aromatic N) is 3. The van der Waals surface area contributed by atoms with E-state index < -0.39 is 0 Å². The average molecular weight is 484 g/mol. The normalized spacial score (nSPS) is 13.3. The van der Waals surface area contributed by atoms with E-state index >= 15 is 0 Å². The van der Waals surface area contributed by atoms with E-state index in [2.05, 4.69) is 15.5 Å². The van der Waals surface area contributed by atoms with Crippen molar-refractivity contribution in [2.45, 2.75) is 30.6 Å². The van der Waals surface area contributed by atoms with Crippen molar-refractivity contribution in [3.05, 3.63) is 63.4 Å². The van der Waals surface area contributed by atoms with Gasteiger partial charge in [0.05, 0.1) is 21.5 Å². The molecule has 1 amide bonds. The second-order valence-corrected chi connectivity index (χ2v) is 8.87. The number of carbonyl (C=O) groups is 1. The van der Waals surface area contributed by atoms with Crippen LogP contribution in [0.2, 0.25) is 15.1 Å². The highest BCUT2D eigenvalue weighted by atomic mass is 35.5. The van der Waals surface area contributed by atoms with Gasteiger partial charge in [-0.1, -0.05) is 58.7 Å². The Kier molecular flexibility index (Phi) is 6.73. The highest BCUT2D eigenvalue weighted by Gasteiger charge is 2.30. The zero-order valence-corrected chi connectivity index (χ0v) is 18.7. The second kappa shape index (κ2) is 9.47. The minimum Gasteiger partial charge on any atom is -0.484 e. The lowest BCUT2D eigenvalue weighted by atomic mass is 10.3. The molecule has 1 aliphatic carbocycles. The van der Waals surface area contributed by atoms with Gasteiger partial charge in [0.15, 0.2) is 11.0 Å². The first-order valence-corrected chi connectivity index (χ1v) is 11.3. The fraction of sp³-hybridized carbons (Fsp3) is 0.250. The van der Waals surface area contributed by atoms with Gasteiger partial charge in [0.1, 0.15) is 12.4 Å². The zero-order valence-electron chi connectivity index (χ0n) is 15.6. The topological polar surface area (TPSA) is 69.0 Å². The second-order valence-electron chi connectivity index (χ2n) is 6.68. The highest BCUT2D eigenvalue weighted by molar-refractivity contribution is 7.99. The number of aromatic nitrogens is 3. The summed E-state index contributed by atoms with van der Waals surface area (Å²) in [6.07, 6.45) is 2.10. The van der Waals surface area contributed by atoms with E-state index in [4.69, 9.17) is 39.5 Å². The van der Waals surface area contributed by atoms with Gasteiger partial charge in [-0.05, 0) is 43.2 Å². The van der Waals surface area contributed by atoms with E-state index in [0.717, 1.165) is 12.8 Å². The number of ether oxygens (including phenoxy) is 1. The predicted molar refractivity (Wildman–Crippen MR) is 120 cm³/mol. The number of hydrogen-bond acceptors (Lipinski definition) is 5. The molecule has 0 spiro atoms. The molecule has 2 aromatic carbocycles. The lowest BCUT2D eigenvalue weighted by Crippen LogP contribution is -2.15. The van der Waals surface area contributed by atoms with Gasteiger partial charge in [-0.2, -0.15) is 0 Å². The maximum absolute atomic E-state index is 12.4. The largest absolute Gasteiger partial charge is 0.484 e. The molecule has 1 fully saturated rings. The first-order valence-electron chi connectivity index (χ1n) is 9.20. The fourth-order valence-electron chi connectivity index (χ4n) is 2.82. The van der Waals surface area contributed by atoms with Crippen LogP contribution in [-0.2, 0) is 11.4 Å². The van der Waals surface area contributed by atoms with Crippen molar-refractivity contribution in [2.24, 2.45) is 0 Å². The molecule has 0 bridgehead atoms. The summed E-state index contributed by atoms with van der Waals surface area (Å²) in [6.45, 7) is 0.248. The molecule has 6 nitrogen and oxygen atoms in total. The number of benzene rings is 2. The maximum atomic E-state index is 12.4. The van der Waals surface area contributed by atoms with Crippen LogP contribution in [0.4, 0.5) is 5.69 Å². The molecule has 156 valence electrons. The van der Waals surface area contributed by atoms with E-state index in [9.17, 15) is 4.79 Å². The SMILES string of the molecule is O=C(CSc1nnc(COc2ccccc2Cl)n1C1CC1)Nc1cc(Cl)ccc1Cl. The van der Waals surface area contributed by atoms with Crippen molar-refractivity contribution >= 4 is 58.2 Å². The lowest BCUT2D eigenvalue weighted by Gasteiger charge is -2.11. The fourth-order valence-corrected chi connectivity index (χ4v) is 4.17. The van der Waals surface area contributed by atoms with Crippen LogP contribution in [0, 0.1) is 0 Å². The van der Waals surface area contributed by atoms with Crippen molar-refractivity contribution < 1.29 is 9.53 Å². The van der Waals surface area contributed by atoms with Crippen molar-refractivity contribution in [1.29, 1.82) is 0 Å². The van der Waals surface area contributed by atoms with Gasteiger partial charge in [-0.25, -0.2) is 0 Å². The summed E-state index contributed by atoms with van der Waals surface area (Å²) in [4.78, 5) is 12.4. The van der Waals surface area contributed by atoms with Gasteiger partial charge in [-0.3, -0.25) is 9.36 Å². The van der Waals surface area contributed by atoms with Gasteiger partial charge in [0.25, 0.3) is 0 Å². The van der Waals surface area contributed by atoms with Gasteiger partial charge in [0, 0.05) is 11.1 Å². The molecule has 0 aliphatic heterocycles. The molecule has 4 rings (SSSR count). The van der Waals surface area contributed by atoms with E-state index in [1.807, 2.05) is 16.7 Å². The number of nitrogens with one attached hydrogen (secondary N) is 1. The molecular weight excluding hydrogens is 467 g/mol. The average Bonchev–Trinajstić information content (AvgIpc) is 3.48. The Morgan fingerprint density at radius 3 is 2.70 bits per heavy atom. The summed E-state index contributed by atoms with van der Waals surface area (Å²) in [6, 6.07) is 12.5. The maximum Gasteiger partial charge on any atom is 0.234 e. The Balaban J connectivity index is 1.40. The van der Waals surface area contributed by atoms with E-state index in [1.54, 1.807) is 30.3 Å². The van der Waals surface area contributed by atoms with Crippen molar-refractivity contribution in [1.82, 2.24) is 14.8 Å². The van der Waals surface area contributed by atoms with Crippen LogP contribution in [0.15, 0.2) is 47.6 Å². The molecule has 1 aliphatic rings. The third-order valence-electron chi connectivity index (χ3n) is 4.38. The summed E-state index contributed by atoms with van der Waals surface area (Å²) in [7, 11) is 0. The summed E-state index contributed by atoms with van der Waals surface area (Å²) in [5.74, 6) is 1.26. The van der Waals surface area contributed by atoms with Gasteiger partial charge in [0.2, 0.25) is 5.91 Å². The summed E-state index contributed by atoms with van der Waals surface area (Å²) in [5.41, 5.74) is 0.479. The van der Waals surface area contributed by atoms with Crippen LogP contribution in [-0.4, -0.2) is 26.4 Å². The molecule has 1 heterocycles. The number of thioether (sulfide) groups is 1. The summed E-state index contributed by atoms with van der Waals surface area (Å²) < 4.78 is 7.86. The summed E-state index contributed by atoms with van der Waals surface area (Å²) >= 11 is 19.5. The van der Waals surface area contributed by atoms with Crippen LogP contribution in [0.1, 0.15) is 24.7 Å². The van der Waals surface area contributed by atoms with Crippen molar-refractivity contribution in [3.63, 3.8) is 0 Å². The molecule has 1 aromatic heterocycles. The van der Waals surface area contributed by atoms with Gasteiger partial charge < -0.3 is 10.1 Å². The number of halogens is 3. The number of hydrogen-bond donors (Lipinski definition) is 1. The molecule has 0 saturated heterocycles. The molecule has 3 aromatic rings. The Hall–Kier alpha value is -1.93. The third kappa shape index (κ3) is 5.21. The smallest absolute Gasteiger partial charge is 0.234 e. The minimum absolute atomic E-state index is 0.166. The van der Waals surface area contributed by atoms with Crippen LogP contribution in [0.3, 0.4) is 0 Å². The van der Waals surface area contributed by atoms with Crippen LogP contribution < -0.4 is 10.1 Å².